The van der Waals surface area contributed by atoms with E-state index in [1.165, 1.54) is 0 Å². The maximum Gasteiger partial charge on any atom is 0.167 e. The van der Waals surface area contributed by atoms with E-state index in [2.05, 4.69) is 29.7 Å². The van der Waals surface area contributed by atoms with E-state index in [1.54, 1.807) is 12.7 Å². The van der Waals surface area contributed by atoms with E-state index in [4.69, 9.17) is 16.3 Å². The number of fused-ring (bicyclic) bond motifs is 1. The van der Waals surface area contributed by atoms with E-state index < -0.39 is 0 Å². The third kappa shape index (κ3) is 5.02. The van der Waals surface area contributed by atoms with Crippen molar-refractivity contribution >= 4 is 28.6 Å². The van der Waals surface area contributed by atoms with E-state index in [0.717, 1.165) is 55.3 Å². The zero-order valence-corrected chi connectivity index (χ0v) is 19.8. The van der Waals surface area contributed by atoms with Crippen molar-refractivity contribution in [2.75, 3.05) is 63.9 Å². The summed E-state index contributed by atoms with van der Waals surface area (Å²) in [5.41, 5.74) is 2.62. The highest BCUT2D eigenvalue weighted by Crippen LogP contribution is 2.28. The number of ether oxygens (including phenoxy) is 1. The molecule has 1 aromatic carbocycles. The van der Waals surface area contributed by atoms with Crippen LogP contribution in [0.25, 0.3) is 11.2 Å². The van der Waals surface area contributed by atoms with Gasteiger partial charge < -0.3 is 19.8 Å². The van der Waals surface area contributed by atoms with Gasteiger partial charge in [0.05, 0.1) is 25.6 Å². The number of hydrogen-bond donors (Lipinski definition) is 2. The molecule has 2 fully saturated rings. The lowest BCUT2D eigenvalue weighted by Crippen LogP contribution is -2.47. The molecule has 2 N–H and O–H groups in total. The van der Waals surface area contributed by atoms with E-state index in [1.807, 2.05) is 28.8 Å². The zero-order chi connectivity index (χ0) is 23.5. The molecule has 0 saturated carbocycles. The molecule has 0 bridgehead atoms. The Bertz CT molecular complexity index is 1090. The Hall–Kier alpha value is -2.34. The van der Waals surface area contributed by atoms with Crippen molar-refractivity contribution in [3.8, 4) is 0 Å². The fraction of sp³-hybridized carbons (Fsp3) is 0.522. The largest absolute Gasteiger partial charge is 0.395 e. The van der Waals surface area contributed by atoms with Gasteiger partial charge in [0, 0.05) is 57.4 Å². The third-order valence-electron chi connectivity index (χ3n) is 6.49. The van der Waals surface area contributed by atoms with E-state index in [9.17, 15) is 10.2 Å². The fourth-order valence-electron chi connectivity index (χ4n) is 4.73. The third-order valence-corrected chi connectivity index (χ3v) is 6.74. The number of piperazine rings is 1. The molecule has 0 spiro atoms. The second-order valence-corrected chi connectivity index (χ2v) is 9.23. The highest BCUT2D eigenvalue weighted by atomic mass is 35.5. The summed E-state index contributed by atoms with van der Waals surface area (Å²) in [5, 5.41) is 19.8. The summed E-state index contributed by atoms with van der Waals surface area (Å²) in [6.45, 7) is 6.21. The molecule has 5 rings (SSSR count). The summed E-state index contributed by atoms with van der Waals surface area (Å²) in [7, 11) is 0. The lowest BCUT2D eigenvalue weighted by atomic mass is 10.2. The maximum atomic E-state index is 9.87. The molecule has 2 aliphatic rings. The van der Waals surface area contributed by atoms with Crippen LogP contribution in [0.4, 0.5) is 5.82 Å². The Morgan fingerprint density at radius 3 is 2.50 bits per heavy atom. The molecule has 0 amide bonds. The van der Waals surface area contributed by atoms with Crippen LogP contribution in [0, 0.1) is 0 Å². The van der Waals surface area contributed by atoms with Crippen molar-refractivity contribution in [1.82, 2.24) is 29.3 Å². The lowest BCUT2D eigenvalue weighted by Gasteiger charge is -2.38. The van der Waals surface area contributed by atoms with Crippen LogP contribution in [0.3, 0.4) is 0 Å². The summed E-state index contributed by atoms with van der Waals surface area (Å²) in [5.74, 6) is 0.819. The smallest absolute Gasteiger partial charge is 0.167 e. The summed E-state index contributed by atoms with van der Waals surface area (Å²) in [6.07, 6.45) is 2.71. The molecular weight excluding hydrogens is 458 g/mol. The first kappa shape index (κ1) is 23.4. The van der Waals surface area contributed by atoms with Gasteiger partial charge in [0.25, 0.3) is 0 Å². The molecule has 0 aliphatic carbocycles. The molecule has 34 heavy (non-hydrogen) atoms. The van der Waals surface area contributed by atoms with Gasteiger partial charge in [-0.05, 0) is 17.7 Å². The van der Waals surface area contributed by atoms with Crippen LogP contribution < -0.4 is 4.90 Å². The molecule has 2 saturated heterocycles. The van der Waals surface area contributed by atoms with Crippen LogP contribution in [0.5, 0.6) is 0 Å². The first-order valence-corrected chi connectivity index (χ1v) is 12.0. The second kappa shape index (κ2) is 10.5. The number of aliphatic hydroxyl groups is 2. The van der Waals surface area contributed by atoms with Crippen molar-refractivity contribution in [2.24, 2.45) is 0 Å². The number of anilines is 1. The number of nitrogens with zero attached hydrogens (tertiary/aromatic N) is 7. The molecule has 2 aromatic heterocycles. The van der Waals surface area contributed by atoms with E-state index in [-0.39, 0.29) is 25.5 Å². The van der Waals surface area contributed by atoms with Crippen molar-refractivity contribution in [3.05, 3.63) is 47.5 Å². The maximum absolute atomic E-state index is 9.87. The minimum atomic E-state index is -0.327. The first-order chi connectivity index (χ1) is 16.6. The van der Waals surface area contributed by atoms with Crippen LogP contribution in [0.1, 0.15) is 11.8 Å². The molecule has 11 heteroatoms. The summed E-state index contributed by atoms with van der Waals surface area (Å²) in [6, 6.07) is 7.83. The molecule has 3 aromatic rings. The molecular formula is C23H30ClN7O3. The fourth-order valence-corrected chi connectivity index (χ4v) is 4.86. The first-order valence-electron chi connectivity index (χ1n) is 11.6. The van der Waals surface area contributed by atoms with Crippen LogP contribution in [0.2, 0.25) is 5.02 Å². The number of rotatable bonds is 7. The monoisotopic (exact) mass is 487 g/mol. The number of halogens is 1. The molecule has 2 aliphatic heterocycles. The summed E-state index contributed by atoms with van der Waals surface area (Å²) in [4.78, 5) is 20.5. The van der Waals surface area contributed by atoms with E-state index in [0.29, 0.717) is 24.7 Å². The SMILES string of the molecule is OCCN1CCN(c2ncnc3c2ncn3[C@H]2CN(Cc3ccc(Cl)cc3)C[C@@H](CO)O2)CC1. The van der Waals surface area contributed by atoms with Gasteiger partial charge in [0.15, 0.2) is 17.0 Å². The highest BCUT2D eigenvalue weighted by Gasteiger charge is 2.31. The topological polar surface area (TPSA) is 103 Å². The number of aliphatic hydroxyl groups excluding tert-OH is 2. The molecule has 4 heterocycles. The molecule has 182 valence electrons. The van der Waals surface area contributed by atoms with Gasteiger partial charge in [-0.15, -0.1) is 0 Å². The number of β-amino-alcohol motifs (C(OH)–C–C–N with tert-alkyl or cyclic N) is 1. The lowest BCUT2D eigenvalue weighted by molar-refractivity contribution is -0.135. The summed E-state index contributed by atoms with van der Waals surface area (Å²) < 4.78 is 8.15. The van der Waals surface area contributed by atoms with E-state index >= 15 is 0 Å². The van der Waals surface area contributed by atoms with Gasteiger partial charge in [-0.3, -0.25) is 14.4 Å². The Balaban J connectivity index is 1.35. The van der Waals surface area contributed by atoms with Crippen LogP contribution >= 0.6 is 11.6 Å². The van der Waals surface area contributed by atoms with Crippen LogP contribution in [-0.4, -0.2) is 105 Å². The standard InChI is InChI=1S/C23H30ClN7O3/c24-18-3-1-17(2-4-18)11-29-12-19(14-33)34-20(13-29)31-16-27-21-22(25-15-26-23(21)31)30-7-5-28(6-8-30)9-10-32/h1-4,15-16,19-20,32-33H,5-14H2/t19-,20+/m0/s1. The number of benzene rings is 1. The Morgan fingerprint density at radius 2 is 1.76 bits per heavy atom. The van der Waals surface area contributed by atoms with Gasteiger partial charge in [-0.25, -0.2) is 15.0 Å². The highest BCUT2D eigenvalue weighted by molar-refractivity contribution is 6.30. The quantitative estimate of drug-likeness (QED) is 0.505. The van der Waals surface area contributed by atoms with Crippen molar-refractivity contribution in [1.29, 1.82) is 0 Å². The Kier molecular flexibility index (Phi) is 7.23. The molecule has 10 nitrogen and oxygen atoms in total. The van der Waals surface area contributed by atoms with Gasteiger partial charge in [-0.2, -0.15) is 0 Å². The summed E-state index contributed by atoms with van der Waals surface area (Å²) >= 11 is 6.03. The van der Waals surface area contributed by atoms with Crippen molar-refractivity contribution < 1.29 is 14.9 Å². The average molecular weight is 488 g/mol. The van der Waals surface area contributed by atoms with Gasteiger partial charge in [0.2, 0.25) is 0 Å². The van der Waals surface area contributed by atoms with Crippen molar-refractivity contribution in [3.63, 3.8) is 0 Å². The van der Waals surface area contributed by atoms with Crippen LogP contribution in [-0.2, 0) is 11.3 Å². The number of morpholine rings is 1. The average Bonchev–Trinajstić information content (AvgIpc) is 3.30. The Labute approximate surface area is 203 Å². The Morgan fingerprint density at radius 1 is 0.971 bits per heavy atom. The normalized spacial score (nSPS) is 22.5. The number of hydrogen-bond acceptors (Lipinski definition) is 9. The second-order valence-electron chi connectivity index (χ2n) is 8.79. The molecule has 0 unspecified atom stereocenters. The predicted octanol–water partition coefficient (Wildman–Crippen LogP) is 0.986. The van der Waals surface area contributed by atoms with Gasteiger partial charge in [-0.1, -0.05) is 23.7 Å². The zero-order valence-electron chi connectivity index (χ0n) is 19.0. The van der Waals surface area contributed by atoms with Crippen molar-refractivity contribution in [2.45, 2.75) is 18.9 Å². The van der Waals surface area contributed by atoms with Gasteiger partial charge >= 0.3 is 0 Å². The molecule has 0 radical (unpaired) electrons. The van der Waals surface area contributed by atoms with Gasteiger partial charge in [0.1, 0.15) is 12.6 Å². The predicted molar refractivity (Wildman–Crippen MR) is 129 cm³/mol. The molecule has 2 atom stereocenters. The number of aromatic nitrogens is 4. The minimum absolute atomic E-state index is 0.0569. The van der Waals surface area contributed by atoms with Crippen LogP contribution in [0.15, 0.2) is 36.9 Å². The minimum Gasteiger partial charge on any atom is -0.395 e. The number of imidazole rings is 1.